The molecule has 7 heteroatoms. The Balaban J connectivity index is 2.69. The molecule has 0 unspecified atom stereocenters. The van der Waals surface area contributed by atoms with Gasteiger partial charge in [0.1, 0.15) is 10.7 Å². The van der Waals surface area contributed by atoms with Crippen LogP contribution in [0.5, 0.6) is 0 Å². The molecule has 0 bridgehead atoms. The van der Waals surface area contributed by atoms with Gasteiger partial charge in [-0.1, -0.05) is 33.6 Å². The molecule has 20 heavy (non-hydrogen) atoms. The van der Waals surface area contributed by atoms with Crippen molar-refractivity contribution in [2.75, 3.05) is 6.54 Å². The highest BCUT2D eigenvalue weighted by molar-refractivity contribution is 9.10. The average molecular weight is 367 g/mol. The van der Waals surface area contributed by atoms with Crippen LogP contribution in [0.3, 0.4) is 0 Å². The van der Waals surface area contributed by atoms with Crippen molar-refractivity contribution in [1.82, 2.24) is 10.0 Å². The fraction of sp³-hybridized carbons (Fsp3) is 0.692. The molecule has 0 aliphatic rings. The smallest absolute Gasteiger partial charge is 0.244 e. The van der Waals surface area contributed by atoms with Crippen molar-refractivity contribution in [2.45, 2.75) is 57.5 Å². The zero-order valence-corrected chi connectivity index (χ0v) is 14.6. The van der Waals surface area contributed by atoms with E-state index in [1.807, 2.05) is 13.8 Å². The van der Waals surface area contributed by atoms with Crippen molar-refractivity contribution < 1.29 is 12.8 Å². The molecular formula is C13H23BrN2O3S. The monoisotopic (exact) mass is 366 g/mol. The molecule has 2 N–H and O–H groups in total. The molecule has 5 nitrogen and oxygen atoms in total. The van der Waals surface area contributed by atoms with Gasteiger partial charge in [-0.3, -0.25) is 0 Å². The number of unbranched alkanes of at least 4 members (excludes halogenated alkanes) is 2. The summed E-state index contributed by atoms with van der Waals surface area (Å²) in [4.78, 5) is 0.162. The molecule has 0 aliphatic carbocycles. The second-order valence-corrected chi connectivity index (χ2v) is 7.45. The molecule has 1 aromatic heterocycles. The van der Waals surface area contributed by atoms with E-state index in [9.17, 15) is 8.42 Å². The third-order valence-electron chi connectivity index (χ3n) is 2.75. The van der Waals surface area contributed by atoms with Gasteiger partial charge in [-0.15, -0.1) is 0 Å². The lowest BCUT2D eigenvalue weighted by Crippen LogP contribution is -2.24. The Bertz CT molecular complexity index is 512. The zero-order valence-electron chi connectivity index (χ0n) is 12.2. The molecule has 0 spiro atoms. The first-order valence-corrected chi connectivity index (χ1v) is 9.15. The van der Waals surface area contributed by atoms with Crippen molar-refractivity contribution in [3.63, 3.8) is 0 Å². The van der Waals surface area contributed by atoms with Crippen LogP contribution in [-0.4, -0.2) is 21.0 Å². The van der Waals surface area contributed by atoms with Crippen molar-refractivity contribution in [1.29, 1.82) is 0 Å². The molecule has 0 saturated carbocycles. The lowest BCUT2D eigenvalue weighted by molar-refractivity contribution is 0.447. The van der Waals surface area contributed by atoms with Crippen LogP contribution in [0.4, 0.5) is 0 Å². The molecule has 0 aromatic carbocycles. The van der Waals surface area contributed by atoms with Crippen LogP contribution >= 0.6 is 15.9 Å². The van der Waals surface area contributed by atoms with Gasteiger partial charge < -0.3 is 9.73 Å². The van der Waals surface area contributed by atoms with Gasteiger partial charge in [-0.25, -0.2) is 13.1 Å². The van der Waals surface area contributed by atoms with E-state index >= 15 is 0 Å². The maximum absolute atomic E-state index is 12.1. The summed E-state index contributed by atoms with van der Waals surface area (Å²) in [5.74, 6) is 0.597. The van der Waals surface area contributed by atoms with Crippen LogP contribution < -0.4 is 10.0 Å². The van der Waals surface area contributed by atoms with Crippen LogP contribution in [0.25, 0.3) is 0 Å². The molecule has 0 saturated heterocycles. The number of halogens is 1. The summed E-state index contributed by atoms with van der Waals surface area (Å²) in [7, 11) is -3.51. The second-order valence-electron chi connectivity index (χ2n) is 4.99. The van der Waals surface area contributed by atoms with Crippen LogP contribution in [0.15, 0.2) is 20.0 Å². The Morgan fingerprint density at radius 3 is 2.65 bits per heavy atom. The van der Waals surface area contributed by atoms with Gasteiger partial charge in [0.25, 0.3) is 0 Å². The van der Waals surface area contributed by atoms with Crippen molar-refractivity contribution >= 4 is 26.0 Å². The summed E-state index contributed by atoms with van der Waals surface area (Å²) in [5, 5.41) is 3.18. The van der Waals surface area contributed by atoms with E-state index in [2.05, 4.69) is 32.9 Å². The Morgan fingerprint density at radius 1 is 1.35 bits per heavy atom. The summed E-state index contributed by atoms with van der Waals surface area (Å²) in [5.41, 5.74) is 0. The fourth-order valence-electron chi connectivity index (χ4n) is 1.63. The van der Waals surface area contributed by atoms with Gasteiger partial charge in [0, 0.05) is 18.7 Å². The number of sulfonamides is 1. The summed E-state index contributed by atoms with van der Waals surface area (Å²) in [6.45, 7) is 7.07. The van der Waals surface area contributed by atoms with Crippen LogP contribution in [0.2, 0.25) is 0 Å². The highest BCUT2D eigenvalue weighted by atomic mass is 79.9. The fourth-order valence-corrected chi connectivity index (χ4v) is 3.70. The van der Waals surface area contributed by atoms with E-state index in [4.69, 9.17) is 4.42 Å². The molecule has 1 rings (SSSR count). The Morgan fingerprint density at radius 2 is 2.05 bits per heavy atom. The number of nitrogens with one attached hydrogen (secondary N) is 2. The Labute approximate surface area is 129 Å². The first kappa shape index (κ1) is 17.7. The van der Waals surface area contributed by atoms with E-state index in [0.29, 0.717) is 24.9 Å². The van der Waals surface area contributed by atoms with Crippen molar-refractivity contribution in [3.05, 3.63) is 16.5 Å². The minimum atomic E-state index is -3.51. The van der Waals surface area contributed by atoms with E-state index in [0.717, 1.165) is 19.3 Å². The van der Waals surface area contributed by atoms with E-state index in [-0.39, 0.29) is 9.56 Å². The molecule has 0 amide bonds. The highest BCUT2D eigenvalue weighted by Crippen LogP contribution is 2.26. The quantitative estimate of drug-likeness (QED) is 0.659. The first-order valence-electron chi connectivity index (χ1n) is 6.88. The van der Waals surface area contributed by atoms with Gasteiger partial charge >= 0.3 is 0 Å². The van der Waals surface area contributed by atoms with Gasteiger partial charge in [0.05, 0.1) is 6.54 Å². The average Bonchev–Trinajstić information content (AvgIpc) is 2.74. The third-order valence-corrected chi connectivity index (χ3v) is 5.07. The van der Waals surface area contributed by atoms with Gasteiger partial charge in [-0.05, 0) is 22.4 Å². The molecule has 0 fully saturated rings. The normalized spacial score (nSPS) is 12.2. The van der Waals surface area contributed by atoms with Gasteiger partial charge in [-0.2, -0.15) is 0 Å². The maximum Gasteiger partial charge on any atom is 0.244 e. The third kappa shape index (κ3) is 5.55. The predicted octanol–water partition coefficient (Wildman–Crippen LogP) is 3.01. The standard InChI is InChI=1S/C13H23BrN2O3S/c1-4-5-6-7-16-20(17,18)12-8-11(19-13(12)14)9-15-10(2)3/h8,10,15-16H,4-7,9H2,1-3H3. The lowest BCUT2D eigenvalue weighted by Gasteiger charge is -2.04. The summed E-state index contributed by atoms with van der Waals surface area (Å²) >= 11 is 3.17. The van der Waals surface area contributed by atoms with Crippen molar-refractivity contribution in [2.24, 2.45) is 0 Å². The molecule has 0 radical (unpaired) electrons. The Kier molecular flexibility index (Phi) is 7.22. The summed E-state index contributed by atoms with van der Waals surface area (Å²) < 4.78 is 32.5. The number of furan rings is 1. The van der Waals surface area contributed by atoms with E-state index in [1.54, 1.807) is 6.07 Å². The molecule has 1 aromatic rings. The minimum Gasteiger partial charge on any atom is -0.452 e. The SMILES string of the molecule is CCCCCNS(=O)(=O)c1cc(CNC(C)C)oc1Br. The van der Waals surface area contributed by atoms with Gasteiger partial charge in [0.2, 0.25) is 10.0 Å². The number of rotatable bonds is 9. The van der Waals surface area contributed by atoms with Crippen LogP contribution in [-0.2, 0) is 16.6 Å². The molecule has 1 heterocycles. The topological polar surface area (TPSA) is 71.3 Å². The predicted molar refractivity (Wildman–Crippen MR) is 83.1 cm³/mol. The van der Waals surface area contributed by atoms with Crippen LogP contribution in [0, 0.1) is 0 Å². The Hall–Kier alpha value is -0.370. The molecular weight excluding hydrogens is 344 g/mol. The summed E-state index contributed by atoms with van der Waals surface area (Å²) in [6.07, 6.45) is 2.91. The lowest BCUT2D eigenvalue weighted by atomic mass is 10.3. The molecule has 116 valence electrons. The van der Waals surface area contributed by atoms with Gasteiger partial charge in [0.15, 0.2) is 4.67 Å². The van der Waals surface area contributed by atoms with Crippen LogP contribution in [0.1, 0.15) is 45.8 Å². The minimum absolute atomic E-state index is 0.162. The first-order chi connectivity index (χ1) is 9.36. The molecule has 0 atom stereocenters. The maximum atomic E-state index is 12.1. The largest absolute Gasteiger partial charge is 0.452 e. The second kappa shape index (κ2) is 8.17. The number of hydrogen-bond acceptors (Lipinski definition) is 4. The zero-order chi connectivity index (χ0) is 15.2. The van der Waals surface area contributed by atoms with E-state index < -0.39 is 10.0 Å². The van der Waals surface area contributed by atoms with E-state index in [1.165, 1.54) is 0 Å². The highest BCUT2D eigenvalue weighted by Gasteiger charge is 2.21. The summed E-state index contributed by atoms with van der Waals surface area (Å²) in [6, 6.07) is 1.87. The van der Waals surface area contributed by atoms with Crippen molar-refractivity contribution in [3.8, 4) is 0 Å². The molecule has 0 aliphatic heterocycles. The number of hydrogen-bond donors (Lipinski definition) is 2.